The van der Waals surface area contributed by atoms with Gasteiger partial charge in [0.1, 0.15) is 17.1 Å². The highest BCUT2D eigenvalue weighted by Crippen LogP contribution is 2.27. The first-order chi connectivity index (χ1) is 12.8. The van der Waals surface area contributed by atoms with Crippen LogP contribution in [0.4, 0.5) is 14.5 Å². The van der Waals surface area contributed by atoms with Gasteiger partial charge in [0.2, 0.25) is 0 Å². The smallest absolute Gasteiger partial charge is 0.265 e. The third-order valence-electron chi connectivity index (χ3n) is 3.96. The minimum atomic E-state index is -0.936. The summed E-state index contributed by atoms with van der Waals surface area (Å²) in [5.74, 6) is -1.95. The van der Waals surface area contributed by atoms with E-state index in [1.165, 1.54) is 26.1 Å². The summed E-state index contributed by atoms with van der Waals surface area (Å²) in [6.07, 6.45) is 0.387. The summed E-state index contributed by atoms with van der Waals surface area (Å²) in [5, 5.41) is 2.80. The highest BCUT2D eigenvalue weighted by atomic mass is 19.1. The number of hydrogen-bond acceptors (Lipinski definition) is 4. The number of nitrogens with one attached hydrogen (secondary N) is 1. The molecule has 27 heavy (non-hydrogen) atoms. The third-order valence-corrected chi connectivity index (χ3v) is 3.96. The van der Waals surface area contributed by atoms with Crippen molar-refractivity contribution >= 4 is 28.3 Å². The van der Waals surface area contributed by atoms with Crippen molar-refractivity contribution in [3.8, 4) is 5.75 Å². The zero-order valence-corrected chi connectivity index (χ0v) is 14.6. The van der Waals surface area contributed by atoms with Gasteiger partial charge in [0.15, 0.2) is 17.7 Å². The molecule has 2 aromatic carbocycles. The van der Waals surface area contributed by atoms with Crippen LogP contribution in [0.5, 0.6) is 5.75 Å². The molecule has 0 bridgehead atoms. The van der Waals surface area contributed by atoms with Crippen molar-refractivity contribution in [2.24, 2.45) is 0 Å². The van der Waals surface area contributed by atoms with Gasteiger partial charge in [0.05, 0.1) is 0 Å². The van der Waals surface area contributed by atoms with Gasteiger partial charge in [-0.15, -0.1) is 0 Å². The van der Waals surface area contributed by atoms with Crippen LogP contribution in [0.25, 0.3) is 10.9 Å². The van der Waals surface area contributed by atoms with Crippen molar-refractivity contribution in [2.45, 2.75) is 20.0 Å². The van der Waals surface area contributed by atoms with E-state index < -0.39 is 23.6 Å². The summed E-state index contributed by atoms with van der Waals surface area (Å²) >= 11 is 0. The largest absolute Gasteiger partial charge is 0.480 e. The Morgan fingerprint density at radius 1 is 1.11 bits per heavy atom. The molecule has 7 heteroatoms. The number of fused-ring (bicyclic) bond motifs is 1. The minimum absolute atomic E-state index is 0.0404. The van der Waals surface area contributed by atoms with Crippen molar-refractivity contribution in [3.05, 3.63) is 65.9 Å². The van der Waals surface area contributed by atoms with Crippen molar-refractivity contribution in [2.75, 3.05) is 5.32 Å². The molecule has 0 spiro atoms. The maximum atomic E-state index is 13.8. The average molecular weight is 370 g/mol. The Balaban J connectivity index is 1.77. The molecule has 0 aliphatic rings. The highest BCUT2D eigenvalue weighted by Gasteiger charge is 2.18. The molecule has 0 aliphatic carbocycles. The average Bonchev–Trinajstić information content (AvgIpc) is 2.62. The zero-order valence-electron chi connectivity index (χ0n) is 14.6. The SMILES string of the molecule is CC(=O)c1ccc(NC(=O)[C@H](C)Oc2ccnc3c(F)cc(F)cc23)cc1. The van der Waals surface area contributed by atoms with Gasteiger partial charge in [-0.2, -0.15) is 0 Å². The van der Waals surface area contributed by atoms with Crippen LogP contribution in [0.2, 0.25) is 0 Å². The first-order valence-electron chi connectivity index (χ1n) is 8.17. The lowest BCUT2D eigenvalue weighted by Crippen LogP contribution is -2.30. The molecule has 5 nitrogen and oxygen atoms in total. The Morgan fingerprint density at radius 2 is 1.81 bits per heavy atom. The summed E-state index contributed by atoms with van der Waals surface area (Å²) in [6.45, 7) is 2.97. The fourth-order valence-electron chi connectivity index (χ4n) is 2.53. The molecule has 1 amide bonds. The number of ether oxygens (including phenoxy) is 1. The molecule has 0 saturated heterocycles. The maximum Gasteiger partial charge on any atom is 0.265 e. The zero-order chi connectivity index (χ0) is 19.6. The fourth-order valence-corrected chi connectivity index (χ4v) is 2.53. The second kappa shape index (κ2) is 7.49. The summed E-state index contributed by atoms with van der Waals surface area (Å²) in [5.41, 5.74) is 0.989. The van der Waals surface area contributed by atoms with Gasteiger partial charge in [0.25, 0.3) is 5.91 Å². The molecular weight excluding hydrogens is 354 g/mol. The van der Waals surface area contributed by atoms with E-state index in [2.05, 4.69) is 10.3 Å². The molecule has 0 radical (unpaired) electrons. The Bertz CT molecular complexity index is 1020. The van der Waals surface area contributed by atoms with Crippen molar-refractivity contribution < 1.29 is 23.1 Å². The number of carbonyl (C=O) groups excluding carboxylic acids is 2. The molecule has 0 aliphatic heterocycles. The van der Waals surface area contributed by atoms with Gasteiger partial charge in [-0.25, -0.2) is 8.78 Å². The number of rotatable bonds is 5. The summed E-state index contributed by atoms with van der Waals surface area (Å²) in [4.78, 5) is 27.5. The molecular formula is C20H16F2N2O3. The van der Waals surface area contributed by atoms with E-state index in [1.807, 2.05) is 0 Å². The second-order valence-electron chi connectivity index (χ2n) is 5.98. The van der Waals surface area contributed by atoms with Crippen molar-refractivity contribution in [1.82, 2.24) is 4.98 Å². The Kier molecular flexibility index (Phi) is 5.12. The van der Waals surface area contributed by atoms with E-state index in [4.69, 9.17) is 4.74 Å². The lowest BCUT2D eigenvalue weighted by atomic mass is 10.1. The molecule has 138 valence electrons. The van der Waals surface area contributed by atoms with Gasteiger partial charge < -0.3 is 10.1 Å². The lowest BCUT2D eigenvalue weighted by molar-refractivity contribution is -0.122. The van der Waals surface area contributed by atoms with Crippen LogP contribution in [-0.4, -0.2) is 22.8 Å². The van der Waals surface area contributed by atoms with Crippen molar-refractivity contribution in [1.29, 1.82) is 0 Å². The van der Waals surface area contributed by atoms with Crippen LogP contribution in [0.1, 0.15) is 24.2 Å². The number of anilines is 1. The lowest BCUT2D eigenvalue weighted by Gasteiger charge is -2.16. The number of pyridine rings is 1. The second-order valence-corrected chi connectivity index (χ2v) is 5.98. The number of aromatic nitrogens is 1. The number of ketones is 1. The standard InChI is InChI=1S/C20H16F2N2O3/c1-11(25)13-3-5-15(6-4-13)24-20(26)12(2)27-18-7-8-23-19-16(18)9-14(21)10-17(19)22/h3-10,12H,1-2H3,(H,24,26)/t12-/m0/s1. The molecule has 0 unspecified atom stereocenters. The summed E-state index contributed by atoms with van der Waals surface area (Å²) < 4.78 is 33.0. The highest BCUT2D eigenvalue weighted by molar-refractivity contribution is 5.97. The van der Waals surface area contributed by atoms with E-state index in [-0.39, 0.29) is 22.4 Å². The molecule has 3 rings (SSSR count). The number of Topliss-reactive ketones (excluding diaryl/α,β-unsaturated/α-hetero) is 1. The topological polar surface area (TPSA) is 68.3 Å². The predicted molar refractivity (Wildman–Crippen MR) is 96.8 cm³/mol. The maximum absolute atomic E-state index is 13.8. The van der Waals surface area contributed by atoms with Gasteiger partial charge in [-0.3, -0.25) is 14.6 Å². The van der Waals surface area contributed by atoms with Crippen LogP contribution in [-0.2, 0) is 4.79 Å². The van der Waals surface area contributed by atoms with Crippen LogP contribution in [0, 0.1) is 11.6 Å². The van der Waals surface area contributed by atoms with Crippen LogP contribution >= 0.6 is 0 Å². The van der Waals surface area contributed by atoms with Crippen LogP contribution in [0.3, 0.4) is 0 Å². The minimum Gasteiger partial charge on any atom is -0.480 e. The molecule has 1 N–H and O–H groups in total. The van der Waals surface area contributed by atoms with E-state index in [1.54, 1.807) is 24.3 Å². The monoisotopic (exact) mass is 370 g/mol. The predicted octanol–water partition coefficient (Wildman–Crippen LogP) is 4.12. The molecule has 1 aromatic heterocycles. The first-order valence-corrected chi connectivity index (χ1v) is 8.17. The van der Waals surface area contributed by atoms with Gasteiger partial charge in [0, 0.05) is 28.9 Å². The van der Waals surface area contributed by atoms with E-state index >= 15 is 0 Å². The number of amides is 1. The van der Waals surface area contributed by atoms with E-state index in [0.717, 1.165) is 12.1 Å². The molecule has 1 heterocycles. The number of carbonyl (C=O) groups is 2. The first kappa shape index (κ1) is 18.4. The summed E-state index contributed by atoms with van der Waals surface area (Å²) in [6, 6.07) is 9.69. The van der Waals surface area contributed by atoms with E-state index in [0.29, 0.717) is 11.3 Å². The van der Waals surface area contributed by atoms with Gasteiger partial charge >= 0.3 is 0 Å². The Hall–Kier alpha value is -3.35. The van der Waals surface area contributed by atoms with Crippen LogP contribution in [0.15, 0.2) is 48.7 Å². The van der Waals surface area contributed by atoms with E-state index in [9.17, 15) is 18.4 Å². The third kappa shape index (κ3) is 4.08. The summed E-state index contributed by atoms with van der Waals surface area (Å²) in [7, 11) is 0. The van der Waals surface area contributed by atoms with Crippen molar-refractivity contribution in [3.63, 3.8) is 0 Å². The quantitative estimate of drug-likeness (QED) is 0.686. The fraction of sp³-hybridized carbons (Fsp3) is 0.150. The molecule has 0 fully saturated rings. The van der Waals surface area contributed by atoms with Gasteiger partial charge in [-0.1, -0.05) is 0 Å². The number of benzene rings is 2. The molecule has 3 aromatic rings. The molecule has 1 atom stereocenters. The number of halogens is 2. The Morgan fingerprint density at radius 3 is 2.48 bits per heavy atom. The molecule has 0 saturated carbocycles. The van der Waals surface area contributed by atoms with Gasteiger partial charge in [-0.05, 0) is 50.2 Å². The number of hydrogen-bond donors (Lipinski definition) is 1. The van der Waals surface area contributed by atoms with Crippen LogP contribution < -0.4 is 10.1 Å². The number of nitrogens with zero attached hydrogens (tertiary/aromatic N) is 1. The Labute approximate surface area is 154 Å². The normalized spacial score (nSPS) is 11.9.